The van der Waals surface area contributed by atoms with Crippen LogP contribution in [0.1, 0.15) is 24.0 Å². The highest BCUT2D eigenvalue weighted by Crippen LogP contribution is 2.37. The van der Waals surface area contributed by atoms with Gasteiger partial charge in [0, 0.05) is 24.7 Å². The van der Waals surface area contributed by atoms with E-state index in [1.54, 1.807) is 12.1 Å². The van der Waals surface area contributed by atoms with E-state index in [2.05, 4.69) is 36.1 Å². The minimum Gasteiger partial charge on any atom is -0.366 e. The van der Waals surface area contributed by atoms with Gasteiger partial charge >= 0.3 is 0 Å². The molecular formula is C16H16FN. The molecule has 0 unspecified atom stereocenters. The van der Waals surface area contributed by atoms with Crippen LogP contribution in [-0.2, 0) is 6.54 Å². The van der Waals surface area contributed by atoms with Gasteiger partial charge in [-0.25, -0.2) is 4.39 Å². The third-order valence-electron chi connectivity index (χ3n) is 3.57. The summed E-state index contributed by atoms with van der Waals surface area (Å²) in [6, 6.07) is 15.5. The van der Waals surface area contributed by atoms with Gasteiger partial charge in [-0.3, -0.25) is 0 Å². The van der Waals surface area contributed by atoms with Gasteiger partial charge in [0.1, 0.15) is 5.82 Å². The van der Waals surface area contributed by atoms with Gasteiger partial charge < -0.3 is 4.90 Å². The van der Waals surface area contributed by atoms with Crippen molar-refractivity contribution in [3.8, 4) is 0 Å². The number of halogens is 1. The summed E-state index contributed by atoms with van der Waals surface area (Å²) >= 11 is 0. The van der Waals surface area contributed by atoms with Crippen molar-refractivity contribution in [2.75, 3.05) is 11.4 Å². The van der Waals surface area contributed by atoms with Crippen molar-refractivity contribution in [1.82, 2.24) is 0 Å². The number of hydrogen-bond donors (Lipinski definition) is 0. The molecule has 0 saturated heterocycles. The quantitative estimate of drug-likeness (QED) is 0.769. The first kappa shape index (κ1) is 11.3. The number of hydrogen-bond acceptors (Lipinski definition) is 1. The minimum absolute atomic E-state index is 0.137. The highest BCUT2D eigenvalue weighted by Gasteiger charge is 2.25. The van der Waals surface area contributed by atoms with Gasteiger partial charge in [0.25, 0.3) is 0 Å². The Bertz CT molecular complexity index is 550. The zero-order valence-corrected chi connectivity index (χ0v) is 10.4. The Morgan fingerprint density at radius 3 is 2.72 bits per heavy atom. The molecule has 3 rings (SSSR count). The Labute approximate surface area is 107 Å². The molecule has 0 bridgehead atoms. The van der Waals surface area contributed by atoms with Crippen LogP contribution in [-0.4, -0.2) is 6.54 Å². The zero-order chi connectivity index (χ0) is 12.5. The summed E-state index contributed by atoms with van der Waals surface area (Å²) in [5.74, 6) is 0.265. The molecule has 92 valence electrons. The highest BCUT2D eigenvalue weighted by atomic mass is 19.1. The second-order valence-corrected chi connectivity index (χ2v) is 4.97. The molecule has 1 atom stereocenters. The van der Waals surface area contributed by atoms with Crippen LogP contribution in [0, 0.1) is 5.82 Å². The van der Waals surface area contributed by atoms with Crippen LogP contribution in [0.15, 0.2) is 48.5 Å². The summed E-state index contributed by atoms with van der Waals surface area (Å²) in [4.78, 5) is 2.33. The van der Waals surface area contributed by atoms with Crippen molar-refractivity contribution in [1.29, 1.82) is 0 Å². The molecule has 2 aromatic carbocycles. The monoisotopic (exact) mass is 241 g/mol. The molecule has 2 aromatic rings. The fourth-order valence-electron chi connectivity index (χ4n) is 2.69. The van der Waals surface area contributed by atoms with E-state index in [0.29, 0.717) is 5.92 Å². The molecule has 1 nitrogen and oxygen atoms in total. The van der Waals surface area contributed by atoms with Crippen LogP contribution in [0.3, 0.4) is 0 Å². The number of anilines is 1. The van der Waals surface area contributed by atoms with Crippen LogP contribution < -0.4 is 4.90 Å². The average molecular weight is 241 g/mol. The molecule has 0 aliphatic carbocycles. The third-order valence-corrected chi connectivity index (χ3v) is 3.57. The van der Waals surface area contributed by atoms with Crippen molar-refractivity contribution in [3.63, 3.8) is 0 Å². The maximum atomic E-state index is 13.3. The number of fused-ring (bicyclic) bond motifs is 1. The van der Waals surface area contributed by atoms with E-state index in [9.17, 15) is 4.39 Å². The normalized spacial score (nSPS) is 17.9. The SMILES string of the molecule is C[C@H]1CN(Cc2ccccc2)c2ccc(F)cc21. The van der Waals surface area contributed by atoms with Crippen LogP contribution in [0.5, 0.6) is 0 Å². The van der Waals surface area contributed by atoms with Gasteiger partial charge in [-0.05, 0) is 29.3 Å². The van der Waals surface area contributed by atoms with Gasteiger partial charge in [0.05, 0.1) is 0 Å². The van der Waals surface area contributed by atoms with Gasteiger partial charge in [-0.1, -0.05) is 37.3 Å². The largest absolute Gasteiger partial charge is 0.366 e. The molecule has 0 aromatic heterocycles. The Kier molecular flexibility index (Phi) is 2.78. The Hall–Kier alpha value is -1.83. The van der Waals surface area contributed by atoms with Crippen molar-refractivity contribution >= 4 is 5.69 Å². The second kappa shape index (κ2) is 4.45. The summed E-state index contributed by atoms with van der Waals surface area (Å²) in [6.45, 7) is 4.01. The first-order valence-electron chi connectivity index (χ1n) is 6.32. The summed E-state index contributed by atoms with van der Waals surface area (Å²) in [6.07, 6.45) is 0. The van der Waals surface area contributed by atoms with Crippen LogP contribution in [0.2, 0.25) is 0 Å². The lowest BCUT2D eigenvalue weighted by molar-refractivity contribution is 0.624. The molecular weight excluding hydrogens is 225 g/mol. The maximum absolute atomic E-state index is 13.3. The van der Waals surface area contributed by atoms with Gasteiger partial charge in [-0.15, -0.1) is 0 Å². The first-order chi connectivity index (χ1) is 8.74. The van der Waals surface area contributed by atoms with E-state index in [1.165, 1.54) is 11.3 Å². The lowest BCUT2D eigenvalue weighted by Gasteiger charge is -2.19. The minimum atomic E-state index is -0.137. The van der Waals surface area contributed by atoms with Gasteiger partial charge in [-0.2, -0.15) is 0 Å². The van der Waals surface area contributed by atoms with E-state index in [4.69, 9.17) is 0 Å². The molecule has 0 fully saturated rings. The number of rotatable bonds is 2. The summed E-state index contributed by atoms with van der Waals surface area (Å²) in [5.41, 5.74) is 3.60. The number of benzene rings is 2. The summed E-state index contributed by atoms with van der Waals surface area (Å²) in [5, 5.41) is 0. The molecule has 0 saturated carbocycles. The van der Waals surface area contributed by atoms with E-state index in [1.807, 2.05) is 12.1 Å². The van der Waals surface area contributed by atoms with Crippen molar-refractivity contribution in [2.24, 2.45) is 0 Å². The molecule has 1 heterocycles. The molecule has 0 spiro atoms. The Morgan fingerprint density at radius 2 is 1.94 bits per heavy atom. The Morgan fingerprint density at radius 1 is 1.17 bits per heavy atom. The lowest BCUT2D eigenvalue weighted by Crippen LogP contribution is -2.20. The first-order valence-corrected chi connectivity index (χ1v) is 6.32. The molecule has 2 heteroatoms. The van der Waals surface area contributed by atoms with Crippen LogP contribution >= 0.6 is 0 Å². The fourth-order valence-corrected chi connectivity index (χ4v) is 2.69. The van der Waals surface area contributed by atoms with E-state index >= 15 is 0 Å². The number of nitrogens with zero attached hydrogens (tertiary/aromatic N) is 1. The molecule has 18 heavy (non-hydrogen) atoms. The van der Waals surface area contributed by atoms with Crippen LogP contribution in [0.4, 0.5) is 10.1 Å². The average Bonchev–Trinajstić information content (AvgIpc) is 2.67. The third kappa shape index (κ3) is 1.99. The van der Waals surface area contributed by atoms with Crippen molar-refractivity contribution in [3.05, 3.63) is 65.5 Å². The maximum Gasteiger partial charge on any atom is 0.123 e. The van der Waals surface area contributed by atoms with Crippen molar-refractivity contribution < 1.29 is 4.39 Å². The summed E-state index contributed by atoms with van der Waals surface area (Å²) < 4.78 is 13.3. The van der Waals surface area contributed by atoms with E-state index in [-0.39, 0.29) is 5.82 Å². The topological polar surface area (TPSA) is 3.24 Å². The predicted octanol–water partition coefficient (Wildman–Crippen LogP) is 3.95. The molecule has 0 amide bonds. The molecule has 1 aliphatic rings. The molecule has 1 aliphatic heterocycles. The van der Waals surface area contributed by atoms with E-state index in [0.717, 1.165) is 18.7 Å². The zero-order valence-electron chi connectivity index (χ0n) is 10.4. The van der Waals surface area contributed by atoms with E-state index < -0.39 is 0 Å². The standard InChI is InChI=1S/C16H16FN/c1-12-10-18(11-13-5-3-2-4-6-13)16-8-7-14(17)9-15(12)16/h2-9,12H,10-11H2,1H3/t12-/m0/s1. The molecule has 0 N–H and O–H groups in total. The highest BCUT2D eigenvalue weighted by molar-refractivity contribution is 5.60. The fraction of sp³-hybridized carbons (Fsp3) is 0.250. The second-order valence-electron chi connectivity index (χ2n) is 4.97. The van der Waals surface area contributed by atoms with Crippen molar-refractivity contribution in [2.45, 2.75) is 19.4 Å². The lowest BCUT2D eigenvalue weighted by atomic mass is 10.0. The summed E-state index contributed by atoms with van der Waals surface area (Å²) in [7, 11) is 0. The smallest absolute Gasteiger partial charge is 0.123 e. The Balaban J connectivity index is 1.89. The predicted molar refractivity (Wildman–Crippen MR) is 72.3 cm³/mol. The van der Waals surface area contributed by atoms with Gasteiger partial charge in [0.2, 0.25) is 0 Å². The molecule has 0 radical (unpaired) electrons. The van der Waals surface area contributed by atoms with Crippen LogP contribution in [0.25, 0.3) is 0 Å². The van der Waals surface area contributed by atoms with Gasteiger partial charge in [0.15, 0.2) is 0 Å².